The van der Waals surface area contributed by atoms with E-state index in [2.05, 4.69) is 0 Å². The first-order valence-corrected chi connectivity index (χ1v) is 10.2. The monoisotopic (exact) mass is 417 g/mol. The second-order valence-electron chi connectivity index (χ2n) is 6.13. The van der Waals surface area contributed by atoms with Gasteiger partial charge in [0.2, 0.25) is 0 Å². The number of hydrogen-bond donors (Lipinski definition) is 3. The molecule has 144 valence electrons. The van der Waals surface area contributed by atoms with Gasteiger partial charge in [-0.2, -0.15) is 0 Å². The molecule has 1 aliphatic rings. The number of hydrogen-bond acceptors (Lipinski definition) is 5. The van der Waals surface area contributed by atoms with Crippen LogP contribution in [0.1, 0.15) is 15.9 Å². The standard InChI is InChI=1S/C19H15NO6S2/c21-16-9-14(2-3-15(16)19(22)23)20(28(24)25)18-8-13(10-27-18)11-1-4-17-12(7-11)5-6-26-17/h1-4,7-10,21H,5-6H2,(H,22,23)(H,24,25). The first-order valence-electron chi connectivity index (χ1n) is 8.26. The maximum atomic E-state index is 12.0. The summed E-state index contributed by atoms with van der Waals surface area (Å²) in [4.78, 5) is 11.1. The highest BCUT2D eigenvalue weighted by molar-refractivity contribution is 7.81. The van der Waals surface area contributed by atoms with Crippen LogP contribution < -0.4 is 9.04 Å². The largest absolute Gasteiger partial charge is 0.507 e. The molecular weight excluding hydrogens is 402 g/mol. The highest BCUT2D eigenvalue weighted by Gasteiger charge is 2.21. The molecule has 2 heterocycles. The van der Waals surface area contributed by atoms with Gasteiger partial charge in [0.15, 0.2) is 0 Å². The van der Waals surface area contributed by atoms with E-state index in [4.69, 9.17) is 9.84 Å². The minimum Gasteiger partial charge on any atom is -0.507 e. The molecule has 2 aromatic carbocycles. The van der Waals surface area contributed by atoms with Gasteiger partial charge in [-0.3, -0.25) is 4.55 Å². The molecule has 3 N–H and O–H groups in total. The molecule has 0 saturated carbocycles. The molecule has 0 amide bonds. The lowest BCUT2D eigenvalue weighted by molar-refractivity contribution is 0.0694. The number of rotatable bonds is 5. The molecule has 0 fully saturated rings. The van der Waals surface area contributed by atoms with Crippen molar-refractivity contribution in [3.8, 4) is 22.6 Å². The van der Waals surface area contributed by atoms with Crippen LogP contribution in [0.5, 0.6) is 11.5 Å². The second kappa shape index (κ2) is 7.27. The third kappa shape index (κ3) is 3.35. The Hall–Kier alpha value is -2.88. The summed E-state index contributed by atoms with van der Waals surface area (Å²) < 4.78 is 28.4. The van der Waals surface area contributed by atoms with Gasteiger partial charge in [0.05, 0.1) is 12.3 Å². The summed E-state index contributed by atoms with van der Waals surface area (Å²) in [5.41, 5.74) is 2.91. The number of fused-ring (bicyclic) bond motifs is 1. The summed E-state index contributed by atoms with van der Waals surface area (Å²) in [7, 11) is 0. The zero-order valence-corrected chi connectivity index (χ0v) is 16.0. The molecule has 9 heteroatoms. The number of carbonyl (C=O) groups is 1. The van der Waals surface area contributed by atoms with Gasteiger partial charge in [0.25, 0.3) is 11.3 Å². The highest BCUT2D eigenvalue weighted by Crippen LogP contribution is 2.39. The second-order valence-corrected chi connectivity index (χ2v) is 7.84. The molecule has 1 atom stereocenters. The van der Waals surface area contributed by atoms with Crippen LogP contribution in [0.4, 0.5) is 10.7 Å². The van der Waals surface area contributed by atoms with E-state index in [1.807, 2.05) is 23.6 Å². The Morgan fingerprint density at radius 1 is 1.14 bits per heavy atom. The van der Waals surface area contributed by atoms with Crippen molar-refractivity contribution in [2.45, 2.75) is 6.42 Å². The van der Waals surface area contributed by atoms with Crippen molar-refractivity contribution >= 4 is 39.3 Å². The number of carboxylic acid groups (broad SMARTS) is 1. The Kier molecular flexibility index (Phi) is 4.80. The van der Waals surface area contributed by atoms with Gasteiger partial charge in [-0.25, -0.2) is 13.3 Å². The summed E-state index contributed by atoms with van der Waals surface area (Å²) in [6, 6.07) is 11.4. The summed E-state index contributed by atoms with van der Waals surface area (Å²) in [5, 5.41) is 21.3. The van der Waals surface area contributed by atoms with E-state index >= 15 is 0 Å². The molecular formula is C19H15NO6S2. The van der Waals surface area contributed by atoms with Crippen LogP contribution >= 0.6 is 11.3 Å². The van der Waals surface area contributed by atoms with Crippen LogP contribution in [-0.4, -0.2) is 31.6 Å². The van der Waals surface area contributed by atoms with Crippen LogP contribution in [0.15, 0.2) is 47.8 Å². The van der Waals surface area contributed by atoms with Crippen LogP contribution in [0.2, 0.25) is 0 Å². The molecule has 3 aromatic rings. The van der Waals surface area contributed by atoms with Crippen molar-refractivity contribution in [2.75, 3.05) is 10.9 Å². The average molecular weight is 417 g/mol. The van der Waals surface area contributed by atoms with Gasteiger partial charge in [0.1, 0.15) is 22.1 Å². The van der Waals surface area contributed by atoms with Crippen molar-refractivity contribution in [3.05, 3.63) is 59.0 Å². The van der Waals surface area contributed by atoms with E-state index in [1.165, 1.54) is 23.5 Å². The maximum absolute atomic E-state index is 12.0. The highest BCUT2D eigenvalue weighted by atomic mass is 32.2. The molecule has 0 bridgehead atoms. The number of nitrogens with zero attached hydrogens (tertiary/aromatic N) is 1. The number of phenols is 1. The summed E-state index contributed by atoms with van der Waals surface area (Å²) in [5.74, 6) is -0.873. The summed E-state index contributed by atoms with van der Waals surface area (Å²) >= 11 is -1.14. The minimum atomic E-state index is -2.41. The topological polar surface area (TPSA) is 107 Å². The minimum absolute atomic E-state index is 0.207. The van der Waals surface area contributed by atoms with Gasteiger partial charge in [-0.1, -0.05) is 6.07 Å². The first-order chi connectivity index (χ1) is 13.4. The lowest BCUT2D eigenvalue weighted by Gasteiger charge is -2.18. The predicted octanol–water partition coefficient (Wildman–Crippen LogP) is 4.03. The van der Waals surface area contributed by atoms with E-state index in [0.717, 1.165) is 39.2 Å². The fraction of sp³-hybridized carbons (Fsp3) is 0.105. The SMILES string of the molecule is O=C(O)c1ccc(N(c2cc(-c3ccc4c(c3)CCO4)cs2)S(=O)O)cc1O. The fourth-order valence-corrected chi connectivity index (χ4v) is 4.74. The van der Waals surface area contributed by atoms with Gasteiger partial charge >= 0.3 is 5.97 Å². The predicted molar refractivity (Wildman–Crippen MR) is 107 cm³/mol. The van der Waals surface area contributed by atoms with E-state index in [-0.39, 0.29) is 11.3 Å². The van der Waals surface area contributed by atoms with E-state index in [1.54, 1.807) is 6.07 Å². The smallest absolute Gasteiger partial charge is 0.339 e. The molecule has 0 aliphatic carbocycles. The maximum Gasteiger partial charge on any atom is 0.339 e. The van der Waals surface area contributed by atoms with Gasteiger partial charge < -0.3 is 14.9 Å². The molecule has 1 unspecified atom stereocenters. The Labute approximate surface area is 166 Å². The molecule has 28 heavy (non-hydrogen) atoms. The first kappa shape index (κ1) is 18.5. The lowest BCUT2D eigenvalue weighted by atomic mass is 10.0. The summed E-state index contributed by atoms with van der Waals surface area (Å²) in [6.45, 7) is 0.667. The summed E-state index contributed by atoms with van der Waals surface area (Å²) in [6.07, 6.45) is 0.849. The van der Waals surface area contributed by atoms with Crippen molar-refractivity contribution in [1.29, 1.82) is 0 Å². The average Bonchev–Trinajstić information content (AvgIpc) is 3.30. The van der Waals surface area contributed by atoms with Crippen LogP contribution in [0, 0.1) is 0 Å². The molecule has 0 saturated heterocycles. The number of aromatic hydroxyl groups is 1. The van der Waals surface area contributed by atoms with E-state index in [9.17, 15) is 18.7 Å². The molecule has 1 aliphatic heterocycles. The third-order valence-corrected chi connectivity index (χ3v) is 6.16. The van der Waals surface area contributed by atoms with E-state index < -0.39 is 23.0 Å². The van der Waals surface area contributed by atoms with Gasteiger partial charge in [-0.05, 0) is 47.0 Å². The lowest BCUT2D eigenvalue weighted by Crippen LogP contribution is -2.18. The third-order valence-electron chi connectivity index (χ3n) is 4.41. The van der Waals surface area contributed by atoms with Crippen molar-refractivity contribution in [1.82, 2.24) is 0 Å². The normalized spacial score (nSPS) is 13.6. The van der Waals surface area contributed by atoms with Gasteiger partial charge in [0, 0.05) is 17.9 Å². The van der Waals surface area contributed by atoms with Crippen molar-refractivity contribution in [3.63, 3.8) is 0 Å². The van der Waals surface area contributed by atoms with Crippen molar-refractivity contribution in [2.24, 2.45) is 0 Å². The fourth-order valence-electron chi connectivity index (χ4n) is 3.07. The zero-order valence-electron chi connectivity index (χ0n) is 14.4. The van der Waals surface area contributed by atoms with Crippen LogP contribution in [0.3, 0.4) is 0 Å². The Morgan fingerprint density at radius 3 is 2.68 bits per heavy atom. The molecule has 1 aromatic heterocycles. The number of anilines is 2. The van der Waals surface area contributed by atoms with Gasteiger partial charge in [-0.15, -0.1) is 11.3 Å². The zero-order chi connectivity index (χ0) is 19.8. The number of benzene rings is 2. The molecule has 7 nitrogen and oxygen atoms in total. The Bertz CT molecular complexity index is 1090. The quantitative estimate of drug-likeness (QED) is 0.541. The van der Waals surface area contributed by atoms with Crippen molar-refractivity contribution < 1.29 is 28.5 Å². The molecule has 4 rings (SSSR count). The van der Waals surface area contributed by atoms with E-state index in [0.29, 0.717) is 11.6 Å². The van der Waals surface area contributed by atoms with Crippen LogP contribution in [-0.2, 0) is 17.7 Å². The Morgan fingerprint density at radius 2 is 1.96 bits per heavy atom. The number of thiophene rings is 1. The molecule has 0 radical (unpaired) electrons. The number of ether oxygens (including phenoxy) is 1. The van der Waals surface area contributed by atoms with Crippen LogP contribution in [0.25, 0.3) is 11.1 Å². The Balaban J connectivity index is 1.69. The number of aromatic carboxylic acids is 1. The molecule has 0 spiro atoms. The number of carboxylic acids is 1.